The number of anilines is 1. The number of benzene rings is 1. The van der Waals surface area contributed by atoms with E-state index < -0.39 is 27.4 Å². The summed E-state index contributed by atoms with van der Waals surface area (Å²) in [5, 5.41) is 13.0. The zero-order chi connectivity index (χ0) is 18.2. The Morgan fingerprint density at radius 2 is 1.88 bits per heavy atom. The maximum absolute atomic E-state index is 12.2. The van der Waals surface area contributed by atoms with Crippen molar-refractivity contribution in [3.63, 3.8) is 0 Å². The summed E-state index contributed by atoms with van der Waals surface area (Å²) in [4.78, 5) is 24.3. The zero-order valence-corrected chi connectivity index (χ0v) is 14.9. The second-order valence-electron chi connectivity index (χ2n) is 6.94. The molecule has 1 aromatic rings. The molecule has 1 aliphatic carbocycles. The second-order valence-corrected chi connectivity index (χ2v) is 8.81. The third-order valence-electron chi connectivity index (χ3n) is 4.84. The molecule has 7 nitrogen and oxygen atoms in total. The lowest BCUT2D eigenvalue weighted by Crippen LogP contribution is -2.40. The first kappa shape index (κ1) is 17.9. The summed E-state index contributed by atoms with van der Waals surface area (Å²) < 4.78 is 25.0. The van der Waals surface area contributed by atoms with Crippen LogP contribution in [0.1, 0.15) is 43.0 Å². The van der Waals surface area contributed by atoms with Gasteiger partial charge in [-0.1, -0.05) is 19.8 Å². The SMILES string of the molecule is CC1CS(=O)(=O)N(c2ccc(C(=O)NCC3(O)CCCC3)cc2)C1=O. The lowest BCUT2D eigenvalue weighted by atomic mass is 10.0. The summed E-state index contributed by atoms with van der Waals surface area (Å²) in [6, 6.07) is 5.86. The summed E-state index contributed by atoms with van der Waals surface area (Å²) in [6.45, 7) is 1.78. The van der Waals surface area contributed by atoms with Gasteiger partial charge in [-0.2, -0.15) is 0 Å². The van der Waals surface area contributed by atoms with E-state index in [4.69, 9.17) is 0 Å². The van der Waals surface area contributed by atoms with Gasteiger partial charge in [0.25, 0.3) is 5.91 Å². The van der Waals surface area contributed by atoms with Gasteiger partial charge in [0.15, 0.2) is 0 Å². The van der Waals surface area contributed by atoms with Crippen molar-refractivity contribution in [1.29, 1.82) is 0 Å². The molecule has 2 aliphatic rings. The summed E-state index contributed by atoms with van der Waals surface area (Å²) in [5.74, 6) is -1.57. The molecule has 0 radical (unpaired) electrons. The van der Waals surface area contributed by atoms with E-state index in [0.29, 0.717) is 18.4 Å². The lowest BCUT2D eigenvalue weighted by Gasteiger charge is -2.22. The maximum atomic E-state index is 12.2. The van der Waals surface area contributed by atoms with Gasteiger partial charge >= 0.3 is 0 Å². The number of carbonyl (C=O) groups is 2. The molecule has 0 aromatic heterocycles. The number of amides is 2. The Morgan fingerprint density at radius 3 is 2.40 bits per heavy atom. The molecule has 1 aliphatic heterocycles. The Labute approximate surface area is 147 Å². The van der Waals surface area contributed by atoms with Gasteiger partial charge in [-0.15, -0.1) is 0 Å². The number of aliphatic hydroxyl groups is 1. The van der Waals surface area contributed by atoms with Gasteiger partial charge < -0.3 is 10.4 Å². The molecule has 0 bridgehead atoms. The number of rotatable bonds is 4. The summed E-state index contributed by atoms with van der Waals surface area (Å²) >= 11 is 0. The van der Waals surface area contributed by atoms with Crippen LogP contribution in [0.15, 0.2) is 24.3 Å². The predicted molar refractivity (Wildman–Crippen MR) is 92.6 cm³/mol. The van der Waals surface area contributed by atoms with E-state index in [-0.39, 0.29) is 23.9 Å². The van der Waals surface area contributed by atoms with Crippen LogP contribution in [-0.4, -0.2) is 43.2 Å². The summed E-state index contributed by atoms with van der Waals surface area (Å²) in [5.41, 5.74) is -0.246. The third kappa shape index (κ3) is 3.55. The van der Waals surface area contributed by atoms with E-state index in [1.807, 2.05) is 0 Å². The summed E-state index contributed by atoms with van der Waals surface area (Å²) in [7, 11) is -3.65. The maximum Gasteiger partial charge on any atom is 0.251 e. The van der Waals surface area contributed by atoms with Crippen molar-refractivity contribution in [2.45, 2.75) is 38.2 Å². The van der Waals surface area contributed by atoms with E-state index in [2.05, 4.69) is 5.32 Å². The monoisotopic (exact) mass is 366 g/mol. The van der Waals surface area contributed by atoms with E-state index in [1.165, 1.54) is 24.3 Å². The highest BCUT2D eigenvalue weighted by molar-refractivity contribution is 7.94. The van der Waals surface area contributed by atoms with Crippen LogP contribution in [0.5, 0.6) is 0 Å². The Bertz CT molecular complexity index is 782. The fraction of sp³-hybridized carbons (Fsp3) is 0.529. The molecule has 1 saturated carbocycles. The van der Waals surface area contributed by atoms with Crippen molar-refractivity contribution in [3.8, 4) is 0 Å². The lowest BCUT2D eigenvalue weighted by molar-refractivity contribution is -0.119. The smallest absolute Gasteiger partial charge is 0.251 e. The number of hydrogen-bond acceptors (Lipinski definition) is 5. The average molecular weight is 366 g/mol. The molecule has 136 valence electrons. The molecular weight excluding hydrogens is 344 g/mol. The van der Waals surface area contributed by atoms with Crippen LogP contribution < -0.4 is 9.62 Å². The highest BCUT2D eigenvalue weighted by Crippen LogP contribution is 2.29. The van der Waals surface area contributed by atoms with Crippen molar-refractivity contribution in [2.24, 2.45) is 5.92 Å². The molecule has 3 rings (SSSR count). The number of sulfonamides is 1. The van der Waals surface area contributed by atoms with Gasteiger partial charge in [0, 0.05) is 12.1 Å². The van der Waals surface area contributed by atoms with Crippen LogP contribution in [0.2, 0.25) is 0 Å². The van der Waals surface area contributed by atoms with Crippen molar-refractivity contribution in [2.75, 3.05) is 16.6 Å². The molecule has 2 amide bonds. The standard InChI is InChI=1S/C17H22N2O5S/c1-12-10-25(23,24)19(16(12)21)14-6-4-13(5-7-14)15(20)18-11-17(22)8-2-3-9-17/h4-7,12,22H,2-3,8-11H2,1H3,(H,18,20). The molecule has 2 fully saturated rings. The fourth-order valence-corrected chi connectivity index (χ4v) is 5.21. The first-order valence-corrected chi connectivity index (χ1v) is 10.0. The van der Waals surface area contributed by atoms with Crippen molar-refractivity contribution >= 4 is 27.5 Å². The van der Waals surface area contributed by atoms with E-state index >= 15 is 0 Å². The van der Waals surface area contributed by atoms with Crippen LogP contribution in [0, 0.1) is 5.92 Å². The van der Waals surface area contributed by atoms with Crippen molar-refractivity contribution < 1.29 is 23.1 Å². The number of carbonyl (C=O) groups excluding carboxylic acids is 2. The van der Waals surface area contributed by atoms with Crippen LogP contribution in [0.4, 0.5) is 5.69 Å². The molecule has 8 heteroatoms. The van der Waals surface area contributed by atoms with Crippen LogP contribution in [-0.2, 0) is 14.8 Å². The highest BCUT2D eigenvalue weighted by Gasteiger charge is 2.41. The van der Waals surface area contributed by atoms with Gasteiger partial charge in [-0.25, -0.2) is 12.7 Å². The largest absolute Gasteiger partial charge is 0.388 e. The van der Waals surface area contributed by atoms with E-state index in [0.717, 1.165) is 17.1 Å². The van der Waals surface area contributed by atoms with Crippen LogP contribution >= 0.6 is 0 Å². The zero-order valence-electron chi connectivity index (χ0n) is 14.1. The highest BCUT2D eigenvalue weighted by atomic mass is 32.2. The minimum atomic E-state index is -3.65. The Hall–Kier alpha value is -1.93. The molecule has 1 atom stereocenters. The van der Waals surface area contributed by atoms with E-state index in [1.54, 1.807) is 6.92 Å². The predicted octanol–water partition coefficient (Wildman–Crippen LogP) is 1.03. The number of hydrogen-bond donors (Lipinski definition) is 2. The summed E-state index contributed by atoms with van der Waals surface area (Å²) in [6.07, 6.45) is 3.27. The quantitative estimate of drug-likeness (QED) is 0.828. The van der Waals surface area contributed by atoms with E-state index in [9.17, 15) is 23.1 Å². The minimum absolute atomic E-state index is 0.199. The number of nitrogens with zero attached hydrogens (tertiary/aromatic N) is 1. The fourth-order valence-electron chi connectivity index (χ4n) is 3.39. The Balaban J connectivity index is 1.70. The molecule has 0 spiro atoms. The van der Waals surface area contributed by atoms with Gasteiger partial charge in [-0.05, 0) is 37.1 Å². The molecule has 1 unspecified atom stereocenters. The van der Waals surface area contributed by atoms with Gasteiger partial charge in [-0.3, -0.25) is 9.59 Å². The van der Waals surface area contributed by atoms with Crippen LogP contribution in [0.3, 0.4) is 0 Å². The third-order valence-corrected chi connectivity index (χ3v) is 6.71. The second kappa shape index (κ2) is 6.42. The molecule has 25 heavy (non-hydrogen) atoms. The van der Waals surface area contributed by atoms with Gasteiger partial charge in [0.2, 0.25) is 15.9 Å². The molecule has 2 N–H and O–H groups in total. The molecular formula is C17H22N2O5S. The molecule has 1 saturated heterocycles. The van der Waals surface area contributed by atoms with Crippen LogP contribution in [0.25, 0.3) is 0 Å². The van der Waals surface area contributed by atoms with Crippen molar-refractivity contribution in [1.82, 2.24) is 5.32 Å². The molecule has 1 aromatic carbocycles. The number of nitrogens with one attached hydrogen (secondary N) is 1. The molecule has 1 heterocycles. The normalized spacial score (nSPS) is 24.5. The van der Waals surface area contributed by atoms with Crippen molar-refractivity contribution in [3.05, 3.63) is 29.8 Å². The Morgan fingerprint density at radius 1 is 1.28 bits per heavy atom. The van der Waals surface area contributed by atoms with Gasteiger partial charge in [0.1, 0.15) is 0 Å². The average Bonchev–Trinajstić information content (AvgIpc) is 3.07. The Kier molecular flexibility index (Phi) is 4.59. The topological polar surface area (TPSA) is 104 Å². The first-order chi connectivity index (χ1) is 11.7. The minimum Gasteiger partial charge on any atom is -0.388 e. The first-order valence-electron chi connectivity index (χ1n) is 8.39. The van der Waals surface area contributed by atoms with Gasteiger partial charge in [0.05, 0.1) is 23.0 Å².